The van der Waals surface area contributed by atoms with Crippen molar-refractivity contribution in [1.82, 2.24) is 0 Å². The highest BCUT2D eigenvalue weighted by Gasteiger charge is 2.70. The Labute approximate surface area is 217 Å². The van der Waals surface area contributed by atoms with Gasteiger partial charge in [-0.1, -0.05) is 63.3 Å². The van der Waals surface area contributed by atoms with Gasteiger partial charge in [0.2, 0.25) is 0 Å². The molecule has 2 fully saturated rings. The molecular formula is C30H36O7. The number of aryl methyl sites for hydroxylation is 1. The molecule has 37 heavy (non-hydrogen) atoms. The average molecular weight is 509 g/mol. The molecule has 0 radical (unpaired) electrons. The summed E-state index contributed by atoms with van der Waals surface area (Å²) in [6.07, 6.45) is 8.97. The Balaban J connectivity index is 1.44. The topological polar surface area (TPSA) is 124 Å². The lowest BCUT2D eigenvalue weighted by Crippen LogP contribution is -2.62. The number of fused-ring (bicyclic) bond motifs is 5. The summed E-state index contributed by atoms with van der Waals surface area (Å²) in [5.74, 6) is -4.24. The molecule has 0 amide bonds. The molecule has 4 N–H and O–H groups in total. The van der Waals surface area contributed by atoms with Gasteiger partial charge in [0.05, 0.1) is 6.10 Å². The SMILES string of the molecule is Cc1ccccc1C(O)(O)OCC(=O)[C@]1(O)[C@H](C)C[C@H]2[C@@H]3C=CC4=CC(=O)C=C[C@]4(C)[C@H]3[C@@H](O)C[C@@]21C. The molecule has 5 rings (SSSR count). The summed E-state index contributed by atoms with van der Waals surface area (Å²) in [6, 6.07) is 6.61. The van der Waals surface area contributed by atoms with Gasteiger partial charge in [-0.15, -0.1) is 0 Å². The van der Waals surface area contributed by atoms with E-state index in [0.29, 0.717) is 12.0 Å². The second-order valence-corrected chi connectivity index (χ2v) is 11.9. The van der Waals surface area contributed by atoms with Crippen LogP contribution in [0.25, 0.3) is 0 Å². The van der Waals surface area contributed by atoms with Gasteiger partial charge in [0.25, 0.3) is 0 Å². The first-order valence-electron chi connectivity index (χ1n) is 13.0. The third-order valence-corrected chi connectivity index (χ3v) is 9.97. The Bertz CT molecular complexity index is 1230. The molecule has 7 nitrogen and oxygen atoms in total. The van der Waals surface area contributed by atoms with Gasteiger partial charge in [-0.2, -0.15) is 0 Å². The average Bonchev–Trinajstić information content (AvgIpc) is 3.04. The number of hydrogen-bond acceptors (Lipinski definition) is 7. The van der Waals surface area contributed by atoms with E-state index in [0.717, 1.165) is 5.57 Å². The minimum atomic E-state index is -2.69. The van der Waals surface area contributed by atoms with E-state index in [1.165, 1.54) is 6.07 Å². The van der Waals surface area contributed by atoms with Crippen molar-refractivity contribution in [2.24, 2.45) is 34.5 Å². The molecule has 8 atom stereocenters. The van der Waals surface area contributed by atoms with E-state index < -0.39 is 46.8 Å². The van der Waals surface area contributed by atoms with Crippen molar-refractivity contribution >= 4 is 11.6 Å². The minimum Gasteiger partial charge on any atom is -0.393 e. The van der Waals surface area contributed by atoms with E-state index in [2.05, 4.69) is 0 Å². The predicted octanol–water partition coefficient (Wildman–Crippen LogP) is 2.71. The molecule has 0 aliphatic heterocycles. The largest absolute Gasteiger partial charge is 0.393 e. The molecule has 0 heterocycles. The summed E-state index contributed by atoms with van der Waals surface area (Å²) >= 11 is 0. The lowest BCUT2D eigenvalue weighted by Gasteiger charge is -2.58. The summed E-state index contributed by atoms with van der Waals surface area (Å²) in [4.78, 5) is 25.6. The Morgan fingerprint density at radius 3 is 2.59 bits per heavy atom. The molecule has 198 valence electrons. The summed E-state index contributed by atoms with van der Waals surface area (Å²) in [5, 5.41) is 44.7. The van der Waals surface area contributed by atoms with Crippen molar-refractivity contribution in [2.75, 3.05) is 6.61 Å². The van der Waals surface area contributed by atoms with E-state index >= 15 is 0 Å². The van der Waals surface area contributed by atoms with E-state index in [1.54, 1.807) is 37.3 Å². The van der Waals surface area contributed by atoms with Crippen molar-refractivity contribution in [3.05, 3.63) is 71.3 Å². The lowest BCUT2D eigenvalue weighted by atomic mass is 9.47. The molecule has 4 aliphatic rings. The molecule has 0 saturated heterocycles. The predicted molar refractivity (Wildman–Crippen MR) is 136 cm³/mol. The van der Waals surface area contributed by atoms with Crippen LogP contribution in [0.1, 0.15) is 44.7 Å². The number of benzene rings is 1. The smallest absolute Gasteiger partial charge is 0.307 e. The number of Topliss-reactive ketones (excluding diaryl/α,β-unsaturated/α-hetero) is 1. The van der Waals surface area contributed by atoms with Crippen molar-refractivity contribution in [2.45, 2.75) is 58.2 Å². The van der Waals surface area contributed by atoms with Crippen LogP contribution in [0.4, 0.5) is 0 Å². The zero-order valence-corrected chi connectivity index (χ0v) is 21.7. The van der Waals surface area contributed by atoms with E-state index in [9.17, 15) is 30.0 Å². The van der Waals surface area contributed by atoms with Crippen LogP contribution in [0.3, 0.4) is 0 Å². The third kappa shape index (κ3) is 3.67. The lowest BCUT2D eigenvalue weighted by molar-refractivity contribution is -0.348. The fourth-order valence-corrected chi connectivity index (χ4v) is 8.01. The Morgan fingerprint density at radius 2 is 1.89 bits per heavy atom. The number of rotatable bonds is 5. The van der Waals surface area contributed by atoms with Gasteiger partial charge in [-0.05, 0) is 60.8 Å². The highest BCUT2D eigenvalue weighted by atomic mass is 16.8. The summed E-state index contributed by atoms with van der Waals surface area (Å²) in [6.45, 7) is 6.73. The van der Waals surface area contributed by atoms with Gasteiger partial charge in [0, 0.05) is 22.3 Å². The van der Waals surface area contributed by atoms with Gasteiger partial charge >= 0.3 is 5.97 Å². The minimum absolute atomic E-state index is 0.0743. The summed E-state index contributed by atoms with van der Waals surface area (Å²) in [7, 11) is 0. The van der Waals surface area contributed by atoms with Crippen LogP contribution in [0.5, 0.6) is 0 Å². The van der Waals surface area contributed by atoms with E-state index in [1.807, 2.05) is 39.0 Å². The molecule has 0 bridgehead atoms. The molecule has 1 aromatic carbocycles. The van der Waals surface area contributed by atoms with E-state index in [-0.39, 0.29) is 35.5 Å². The standard InChI is InChI=1S/C30H36O7/c1-17-7-5-6-8-22(17)30(35,36)37-16-25(33)29(34)18(2)13-23-21-10-9-19-14-20(31)11-12-27(19,3)26(21)24(32)15-28(23,29)4/h5-12,14,18,21,23-24,26,32,34-36H,13,15-16H2,1-4H3/t18-,21+,23+,24+,26-,27+,28+,29-/m1/s1. The first-order valence-corrected chi connectivity index (χ1v) is 13.0. The van der Waals surface area contributed by atoms with Crippen LogP contribution in [0.2, 0.25) is 0 Å². The molecule has 0 spiro atoms. The highest BCUT2D eigenvalue weighted by molar-refractivity contribution is 6.01. The first-order chi connectivity index (χ1) is 17.3. The van der Waals surface area contributed by atoms with Crippen LogP contribution >= 0.6 is 0 Å². The zero-order valence-electron chi connectivity index (χ0n) is 21.7. The van der Waals surface area contributed by atoms with Crippen molar-refractivity contribution in [3.63, 3.8) is 0 Å². The van der Waals surface area contributed by atoms with Crippen LogP contribution in [-0.4, -0.2) is 50.3 Å². The number of ketones is 2. The van der Waals surface area contributed by atoms with Gasteiger partial charge in [0.15, 0.2) is 11.6 Å². The van der Waals surface area contributed by atoms with Crippen LogP contribution in [-0.2, 0) is 20.3 Å². The molecular weight excluding hydrogens is 472 g/mol. The number of allylic oxidation sites excluding steroid dienone is 6. The molecule has 4 aliphatic carbocycles. The second kappa shape index (κ2) is 8.55. The number of carbonyl (C=O) groups excluding carboxylic acids is 2. The highest BCUT2D eigenvalue weighted by Crippen LogP contribution is 2.67. The van der Waals surface area contributed by atoms with Gasteiger partial charge < -0.3 is 25.2 Å². The second-order valence-electron chi connectivity index (χ2n) is 11.9. The number of hydrogen-bond donors (Lipinski definition) is 4. The summed E-state index contributed by atoms with van der Waals surface area (Å²) in [5.41, 5.74) is -1.72. The number of ether oxygens (including phenoxy) is 1. The number of aliphatic hydroxyl groups excluding tert-OH is 1. The Hall–Kier alpha value is -2.42. The molecule has 0 aromatic heterocycles. The molecule has 1 aromatic rings. The fourth-order valence-electron chi connectivity index (χ4n) is 8.01. The van der Waals surface area contributed by atoms with E-state index in [4.69, 9.17) is 4.74 Å². The summed E-state index contributed by atoms with van der Waals surface area (Å²) < 4.78 is 5.32. The molecule has 0 unspecified atom stereocenters. The maximum atomic E-state index is 13.6. The molecule has 2 saturated carbocycles. The van der Waals surface area contributed by atoms with Crippen LogP contribution in [0, 0.1) is 41.4 Å². The van der Waals surface area contributed by atoms with Crippen molar-refractivity contribution in [3.8, 4) is 0 Å². The maximum absolute atomic E-state index is 13.6. The molecule has 7 heteroatoms. The van der Waals surface area contributed by atoms with Gasteiger partial charge in [0.1, 0.15) is 12.2 Å². The first kappa shape index (κ1) is 26.2. The zero-order chi connectivity index (χ0) is 27.0. The Morgan fingerprint density at radius 1 is 1.19 bits per heavy atom. The maximum Gasteiger partial charge on any atom is 0.307 e. The quantitative estimate of drug-likeness (QED) is 0.451. The Kier molecular flexibility index (Phi) is 6.05. The number of aliphatic hydroxyl groups is 4. The monoisotopic (exact) mass is 508 g/mol. The van der Waals surface area contributed by atoms with Crippen molar-refractivity contribution < 1.29 is 34.8 Å². The normalized spacial score (nSPS) is 40.6. The van der Waals surface area contributed by atoms with Gasteiger partial charge in [-0.25, -0.2) is 0 Å². The fraction of sp³-hybridized carbons (Fsp3) is 0.533. The number of carbonyl (C=O) groups is 2. The van der Waals surface area contributed by atoms with Crippen LogP contribution in [0.15, 0.2) is 60.2 Å². The van der Waals surface area contributed by atoms with Gasteiger partial charge in [-0.3, -0.25) is 9.59 Å². The van der Waals surface area contributed by atoms with Crippen molar-refractivity contribution in [1.29, 1.82) is 0 Å². The third-order valence-electron chi connectivity index (χ3n) is 9.97. The van der Waals surface area contributed by atoms with Crippen LogP contribution < -0.4 is 0 Å².